The van der Waals surface area contributed by atoms with Gasteiger partial charge in [0.2, 0.25) is 0 Å². The molecule has 0 aromatic carbocycles. The monoisotopic (exact) mass is 220 g/mol. The molecule has 16 heavy (non-hydrogen) atoms. The maximum atomic E-state index is 4.27. The predicted octanol–water partition coefficient (Wildman–Crippen LogP) is 3.87. The highest BCUT2D eigenvalue weighted by Gasteiger charge is 2.08. The Morgan fingerprint density at radius 1 is 1.00 bits per heavy atom. The molecule has 1 rings (SSSR count). The van der Waals surface area contributed by atoms with Crippen LogP contribution in [0, 0.1) is 11.8 Å². The van der Waals surface area contributed by atoms with Crippen LogP contribution in [-0.2, 0) is 6.42 Å². The molecule has 0 aliphatic carbocycles. The van der Waals surface area contributed by atoms with E-state index in [2.05, 4.69) is 30.7 Å². The lowest BCUT2D eigenvalue weighted by Gasteiger charge is -2.14. The summed E-state index contributed by atoms with van der Waals surface area (Å²) in [4.78, 5) is 8.54. The van der Waals surface area contributed by atoms with Crippen molar-refractivity contribution in [1.82, 2.24) is 9.97 Å². The molecule has 0 N–H and O–H groups in total. The van der Waals surface area contributed by atoms with Gasteiger partial charge in [0, 0.05) is 18.8 Å². The van der Waals surface area contributed by atoms with E-state index in [1.165, 1.54) is 25.7 Å². The van der Waals surface area contributed by atoms with Gasteiger partial charge in [-0.15, -0.1) is 0 Å². The maximum Gasteiger partial charge on any atom is 0.128 e. The molecule has 0 amide bonds. The molecule has 1 aromatic heterocycles. The highest BCUT2D eigenvalue weighted by Crippen LogP contribution is 2.18. The van der Waals surface area contributed by atoms with Crippen molar-refractivity contribution in [2.75, 3.05) is 0 Å². The van der Waals surface area contributed by atoms with Crippen molar-refractivity contribution in [3.05, 3.63) is 24.3 Å². The highest BCUT2D eigenvalue weighted by molar-refractivity contribution is 4.89. The van der Waals surface area contributed by atoms with Crippen LogP contribution in [0.1, 0.15) is 52.3 Å². The number of rotatable bonds is 7. The molecule has 0 unspecified atom stereocenters. The van der Waals surface area contributed by atoms with Crippen LogP contribution in [0.15, 0.2) is 18.5 Å². The molecule has 0 fully saturated rings. The van der Waals surface area contributed by atoms with Gasteiger partial charge < -0.3 is 0 Å². The Morgan fingerprint density at radius 3 is 2.25 bits per heavy atom. The molecule has 0 aliphatic heterocycles. The standard InChI is InChI=1S/C14H24N2/c1-4-6-12(2)7-8-13(3)11-14-15-9-5-10-16-14/h5,9-10,12-13H,4,6-8,11H2,1-3H3/t12-,13+/m0/s1. The topological polar surface area (TPSA) is 25.8 Å². The summed E-state index contributed by atoms with van der Waals surface area (Å²) in [6.45, 7) is 6.92. The van der Waals surface area contributed by atoms with E-state index in [0.717, 1.165) is 18.2 Å². The SMILES string of the molecule is CCC[C@H](C)CC[C@@H](C)Cc1ncccn1. The van der Waals surface area contributed by atoms with Crippen LogP contribution in [0.5, 0.6) is 0 Å². The summed E-state index contributed by atoms with van der Waals surface area (Å²) < 4.78 is 0. The first-order chi connectivity index (χ1) is 7.72. The fraction of sp³-hybridized carbons (Fsp3) is 0.714. The van der Waals surface area contributed by atoms with Crippen molar-refractivity contribution in [3.8, 4) is 0 Å². The van der Waals surface area contributed by atoms with Crippen LogP contribution in [0.3, 0.4) is 0 Å². The quantitative estimate of drug-likeness (QED) is 0.697. The van der Waals surface area contributed by atoms with Gasteiger partial charge in [-0.3, -0.25) is 0 Å². The summed E-state index contributed by atoms with van der Waals surface area (Å²) in [6, 6.07) is 1.87. The average Bonchev–Trinajstić information content (AvgIpc) is 2.28. The third-order valence-electron chi connectivity index (χ3n) is 3.08. The summed E-state index contributed by atoms with van der Waals surface area (Å²) in [5.41, 5.74) is 0. The third kappa shape index (κ3) is 5.24. The zero-order valence-electron chi connectivity index (χ0n) is 10.8. The molecule has 2 atom stereocenters. The largest absolute Gasteiger partial charge is 0.241 e. The van der Waals surface area contributed by atoms with Gasteiger partial charge in [0.1, 0.15) is 5.82 Å². The van der Waals surface area contributed by atoms with Gasteiger partial charge in [-0.2, -0.15) is 0 Å². The van der Waals surface area contributed by atoms with E-state index in [4.69, 9.17) is 0 Å². The molecule has 90 valence electrons. The first-order valence-electron chi connectivity index (χ1n) is 6.48. The number of hydrogen-bond acceptors (Lipinski definition) is 2. The van der Waals surface area contributed by atoms with E-state index in [9.17, 15) is 0 Å². The minimum Gasteiger partial charge on any atom is -0.241 e. The van der Waals surface area contributed by atoms with Crippen LogP contribution in [0.2, 0.25) is 0 Å². The Labute approximate surface area is 99.5 Å². The summed E-state index contributed by atoms with van der Waals surface area (Å²) in [7, 11) is 0. The minimum atomic E-state index is 0.696. The molecule has 0 aliphatic rings. The molecule has 0 saturated heterocycles. The Bertz CT molecular complexity index is 271. The van der Waals surface area contributed by atoms with E-state index in [1.807, 2.05) is 18.5 Å². The molecular formula is C14H24N2. The molecule has 0 bridgehead atoms. The van der Waals surface area contributed by atoms with Gasteiger partial charge in [0.15, 0.2) is 0 Å². The molecule has 0 saturated carbocycles. The zero-order chi connectivity index (χ0) is 11.8. The molecule has 2 heteroatoms. The maximum absolute atomic E-state index is 4.27. The zero-order valence-corrected chi connectivity index (χ0v) is 10.8. The van der Waals surface area contributed by atoms with Crippen molar-refractivity contribution >= 4 is 0 Å². The molecule has 0 radical (unpaired) electrons. The van der Waals surface area contributed by atoms with Crippen LogP contribution in [0.4, 0.5) is 0 Å². The Balaban J connectivity index is 2.23. The summed E-state index contributed by atoms with van der Waals surface area (Å²) >= 11 is 0. The van der Waals surface area contributed by atoms with E-state index >= 15 is 0 Å². The second-order valence-corrected chi connectivity index (χ2v) is 4.95. The number of aromatic nitrogens is 2. The summed E-state index contributed by atoms with van der Waals surface area (Å²) in [6.07, 6.45) is 9.95. The van der Waals surface area contributed by atoms with Crippen molar-refractivity contribution < 1.29 is 0 Å². The van der Waals surface area contributed by atoms with Gasteiger partial charge in [0.05, 0.1) is 0 Å². The normalized spacial score (nSPS) is 14.7. The minimum absolute atomic E-state index is 0.696. The fourth-order valence-electron chi connectivity index (χ4n) is 2.06. The second kappa shape index (κ2) is 7.37. The van der Waals surface area contributed by atoms with Crippen LogP contribution in [-0.4, -0.2) is 9.97 Å². The van der Waals surface area contributed by atoms with Crippen LogP contribution >= 0.6 is 0 Å². The Hall–Kier alpha value is -0.920. The number of nitrogens with zero attached hydrogens (tertiary/aromatic N) is 2. The summed E-state index contributed by atoms with van der Waals surface area (Å²) in [5.74, 6) is 2.55. The lowest BCUT2D eigenvalue weighted by molar-refractivity contribution is 0.404. The van der Waals surface area contributed by atoms with E-state index in [0.29, 0.717) is 5.92 Å². The van der Waals surface area contributed by atoms with Crippen molar-refractivity contribution in [2.24, 2.45) is 11.8 Å². The second-order valence-electron chi connectivity index (χ2n) is 4.95. The highest BCUT2D eigenvalue weighted by atomic mass is 14.8. The molecule has 1 aromatic rings. The first kappa shape index (κ1) is 13.1. The Morgan fingerprint density at radius 2 is 1.62 bits per heavy atom. The van der Waals surface area contributed by atoms with Gasteiger partial charge in [-0.25, -0.2) is 9.97 Å². The van der Waals surface area contributed by atoms with Gasteiger partial charge in [-0.05, 0) is 17.9 Å². The van der Waals surface area contributed by atoms with Gasteiger partial charge in [-0.1, -0.05) is 46.5 Å². The third-order valence-corrected chi connectivity index (χ3v) is 3.08. The molecule has 2 nitrogen and oxygen atoms in total. The predicted molar refractivity (Wildman–Crippen MR) is 68.2 cm³/mol. The number of hydrogen-bond donors (Lipinski definition) is 0. The van der Waals surface area contributed by atoms with E-state index in [-0.39, 0.29) is 0 Å². The van der Waals surface area contributed by atoms with E-state index < -0.39 is 0 Å². The van der Waals surface area contributed by atoms with Crippen LogP contribution in [0.25, 0.3) is 0 Å². The van der Waals surface area contributed by atoms with Gasteiger partial charge in [0.25, 0.3) is 0 Å². The smallest absolute Gasteiger partial charge is 0.128 e. The lowest BCUT2D eigenvalue weighted by atomic mass is 9.93. The van der Waals surface area contributed by atoms with E-state index in [1.54, 1.807) is 0 Å². The molecule has 0 spiro atoms. The molecule has 1 heterocycles. The van der Waals surface area contributed by atoms with Crippen molar-refractivity contribution in [2.45, 2.75) is 52.9 Å². The summed E-state index contributed by atoms with van der Waals surface area (Å²) in [5, 5.41) is 0. The van der Waals surface area contributed by atoms with Gasteiger partial charge >= 0.3 is 0 Å². The lowest BCUT2D eigenvalue weighted by Crippen LogP contribution is -2.05. The Kier molecular flexibility index (Phi) is 6.05. The average molecular weight is 220 g/mol. The van der Waals surface area contributed by atoms with Crippen LogP contribution < -0.4 is 0 Å². The fourth-order valence-corrected chi connectivity index (χ4v) is 2.06. The van der Waals surface area contributed by atoms with Crippen molar-refractivity contribution in [1.29, 1.82) is 0 Å². The first-order valence-corrected chi connectivity index (χ1v) is 6.48. The van der Waals surface area contributed by atoms with Crippen molar-refractivity contribution in [3.63, 3.8) is 0 Å². The molecular weight excluding hydrogens is 196 g/mol.